The Hall–Kier alpha value is -3.43. The van der Waals surface area contributed by atoms with Crippen LogP contribution in [0.1, 0.15) is 16.7 Å². The van der Waals surface area contributed by atoms with Crippen molar-refractivity contribution in [3.63, 3.8) is 0 Å². The standard InChI is InChI=1S/C24H17BrN2O5S/c25-19-8-4-16(5-9-19)14-26-23(28)22(33-24(26)29)13-18-2-1-3-21(12-18)32-15-17-6-10-20(11-7-17)27(30)31/h1-13H,14-15H2/b22-13+. The van der Waals surface area contributed by atoms with Gasteiger partial charge < -0.3 is 4.74 Å². The number of non-ortho nitro benzene ring substituents is 1. The van der Waals surface area contributed by atoms with Crippen LogP contribution in [-0.4, -0.2) is 21.0 Å². The number of carbonyl (C=O) groups is 2. The summed E-state index contributed by atoms with van der Waals surface area (Å²) in [6.07, 6.45) is 1.67. The molecule has 0 N–H and O–H groups in total. The van der Waals surface area contributed by atoms with E-state index in [2.05, 4.69) is 15.9 Å². The fourth-order valence-corrected chi connectivity index (χ4v) is 4.24. The summed E-state index contributed by atoms with van der Waals surface area (Å²) in [5.41, 5.74) is 2.41. The highest BCUT2D eigenvalue weighted by atomic mass is 79.9. The number of nitro groups is 1. The fourth-order valence-electron chi connectivity index (χ4n) is 3.13. The van der Waals surface area contributed by atoms with Gasteiger partial charge >= 0.3 is 0 Å². The first-order chi connectivity index (χ1) is 15.9. The van der Waals surface area contributed by atoms with Crippen LogP contribution >= 0.6 is 27.7 Å². The molecule has 3 aromatic rings. The summed E-state index contributed by atoms with van der Waals surface area (Å²) in [6.45, 7) is 0.457. The lowest BCUT2D eigenvalue weighted by Gasteiger charge is -2.12. The molecule has 2 amide bonds. The van der Waals surface area contributed by atoms with Crippen LogP contribution in [0.25, 0.3) is 6.08 Å². The molecule has 1 aliphatic heterocycles. The van der Waals surface area contributed by atoms with Crippen LogP contribution in [0.5, 0.6) is 5.75 Å². The first-order valence-electron chi connectivity index (χ1n) is 9.85. The quantitative estimate of drug-likeness (QED) is 0.208. The van der Waals surface area contributed by atoms with Crippen LogP contribution < -0.4 is 4.74 Å². The fraction of sp³-hybridized carbons (Fsp3) is 0.0833. The summed E-state index contributed by atoms with van der Waals surface area (Å²) in [5.74, 6) is 0.251. The van der Waals surface area contributed by atoms with Crippen molar-refractivity contribution >= 4 is 50.6 Å². The minimum absolute atomic E-state index is 0.0230. The minimum Gasteiger partial charge on any atom is -0.489 e. The molecule has 0 aliphatic carbocycles. The molecule has 0 saturated carbocycles. The molecule has 0 radical (unpaired) electrons. The van der Waals surface area contributed by atoms with Crippen molar-refractivity contribution in [1.29, 1.82) is 0 Å². The van der Waals surface area contributed by atoms with Gasteiger partial charge in [0, 0.05) is 16.6 Å². The zero-order valence-corrected chi connectivity index (χ0v) is 19.5. The molecule has 0 bridgehead atoms. The summed E-state index contributed by atoms with van der Waals surface area (Å²) in [5, 5.41) is 10.5. The van der Waals surface area contributed by atoms with E-state index in [1.807, 2.05) is 30.3 Å². The Bertz CT molecular complexity index is 1240. The lowest BCUT2D eigenvalue weighted by Crippen LogP contribution is -2.27. The van der Waals surface area contributed by atoms with Crippen molar-refractivity contribution in [1.82, 2.24) is 4.90 Å². The number of benzene rings is 3. The number of rotatable bonds is 7. The summed E-state index contributed by atoms with van der Waals surface area (Å²) in [4.78, 5) is 37.1. The zero-order chi connectivity index (χ0) is 23.4. The van der Waals surface area contributed by atoms with E-state index in [1.54, 1.807) is 36.4 Å². The van der Waals surface area contributed by atoms with E-state index in [9.17, 15) is 19.7 Å². The maximum atomic E-state index is 12.8. The number of nitrogens with zero attached hydrogens (tertiary/aromatic N) is 2. The predicted octanol–water partition coefficient (Wildman–Crippen LogP) is 6.17. The van der Waals surface area contributed by atoms with E-state index < -0.39 is 4.92 Å². The van der Waals surface area contributed by atoms with Crippen LogP contribution in [0.15, 0.2) is 82.2 Å². The number of amides is 2. The van der Waals surface area contributed by atoms with E-state index in [0.717, 1.165) is 32.9 Å². The smallest absolute Gasteiger partial charge is 0.293 e. The average molecular weight is 525 g/mol. The minimum atomic E-state index is -0.450. The molecule has 0 aromatic heterocycles. The van der Waals surface area contributed by atoms with Gasteiger partial charge in [0.05, 0.1) is 16.4 Å². The van der Waals surface area contributed by atoms with Crippen molar-refractivity contribution in [2.75, 3.05) is 0 Å². The summed E-state index contributed by atoms with van der Waals surface area (Å²) >= 11 is 4.28. The lowest BCUT2D eigenvalue weighted by molar-refractivity contribution is -0.384. The van der Waals surface area contributed by atoms with Crippen LogP contribution in [0.4, 0.5) is 10.5 Å². The molecular formula is C24H17BrN2O5S. The summed E-state index contributed by atoms with van der Waals surface area (Å²) in [7, 11) is 0. The van der Waals surface area contributed by atoms with Gasteiger partial charge in [0.2, 0.25) is 0 Å². The highest BCUT2D eigenvalue weighted by molar-refractivity contribution is 9.10. The zero-order valence-electron chi connectivity index (χ0n) is 17.1. The lowest BCUT2D eigenvalue weighted by atomic mass is 10.2. The number of carbonyl (C=O) groups excluding carboxylic acids is 2. The highest BCUT2D eigenvalue weighted by Gasteiger charge is 2.34. The van der Waals surface area contributed by atoms with E-state index in [-0.39, 0.29) is 30.0 Å². The molecule has 1 fully saturated rings. The van der Waals surface area contributed by atoms with Gasteiger partial charge in [-0.15, -0.1) is 0 Å². The second kappa shape index (κ2) is 10.0. The molecule has 3 aromatic carbocycles. The molecule has 1 aliphatic rings. The van der Waals surface area contributed by atoms with Gasteiger partial charge in [0.1, 0.15) is 12.4 Å². The molecular weight excluding hydrogens is 508 g/mol. The van der Waals surface area contributed by atoms with E-state index in [4.69, 9.17) is 4.74 Å². The molecule has 0 atom stereocenters. The van der Waals surface area contributed by atoms with E-state index >= 15 is 0 Å². The maximum Gasteiger partial charge on any atom is 0.293 e. The van der Waals surface area contributed by atoms with Gasteiger partial charge in [-0.3, -0.25) is 24.6 Å². The number of hydrogen-bond acceptors (Lipinski definition) is 6. The number of halogens is 1. The van der Waals surface area contributed by atoms with Crippen molar-refractivity contribution in [3.05, 3.63) is 109 Å². The third kappa shape index (κ3) is 5.68. The third-order valence-corrected chi connectivity index (χ3v) is 6.27. The molecule has 1 heterocycles. The van der Waals surface area contributed by atoms with Gasteiger partial charge in [-0.2, -0.15) is 0 Å². The number of thioether (sulfide) groups is 1. The summed E-state index contributed by atoms with van der Waals surface area (Å²) in [6, 6.07) is 20.8. The molecule has 7 nitrogen and oxygen atoms in total. The van der Waals surface area contributed by atoms with Gasteiger partial charge in [-0.1, -0.05) is 40.2 Å². The Morgan fingerprint density at radius 2 is 1.70 bits per heavy atom. The first kappa shape index (κ1) is 22.8. The van der Waals surface area contributed by atoms with E-state index in [1.165, 1.54) is 17.0 Å². The monoisotopic (exact) mass is 524 g/mol. The summed E-state index contributed by atoms with van der Waals surface area (Å²) < 4.78 is 6.71. The Labute approximate surface area is 202 Å². The third-order valence-electron chi connectivity index (χ3n) is 4.84. The molecule has 0 spiro atoms. The second-order valence-corrected chi connectivity index (χ2v) is 9.09. The molecule has 4 rings (SSSR count). The van der Waals surface area contributed by atoms with Crippen LogP contribution in [0.2, 0.25) is 0 Å². The van der Waals surface area contributed by atoms with Crippen molar-refractivity contribution < 1.29 is 19.2 Å². The Morgan fingerprint density at radius 3 is 2.39 bits per heavy atom. The Balaban J connectivity index is 1.43. The number of hydrogen-bond donors (Lipinski definition) is 0. The normalized spacial score (nSPS) is 14.7. The second-order valence-electron chi connectivity index (χ2n) is 7.18. The van der Waals surface area contributed by atoms with Crippen molar-refractivity contribution in [2.24, 2.45) is 0 Å². The molecule has 0 unspecified atom stereocenters. The Kier molecular flexibility index (Phi) is 6.90. The van der Waals surface area contributed by atoms with Crippen LogP contribution in [-0.2, 0) is 17.9 Å². The topological polar surface area (TPSA) is 89.7 Å². The number of nitro benzene ring substituents is 1. The maximum absolute atomic E-state index is 12.8. The Morgan fingerprint density at radius 1 is 1.00 bits per heavy atom. The van der Waals surface area contributed by atoms with Crippen LogP contribution in [0, 0.1) is 10.1 Å². The van der Waals surface area contributed by atoms with Crippen LogP contribution in [0.3, 0.4) is 0 Å². The van der Waals surface area contributed by atoms with Gasteiger partial charge in [0.25, 0.3) is 16.8 Å². The largest absolute Gasteiger partial charge is 0.489 e. The van der Waals surface area contributed by atoms with E-state index in [0.29, 0.717) is 10.7 Å². The number of ether oxygens (including phenoxy) is 1. The van der Waals surface area contributed by atoms with Crippen molar-refractivity contribution in [2.45, 2.75) is 13.2 Å². The molecule has 9 heteroatoms. The van der Waals surface area contributed by atoms with Gasteiger partial charge in [-0.25, -0.2) is 0 Å². The molecule has 1 saturated heterocycles. The molecule has 166 valence electrons. The van der Waals surface area contributed by atoms with Crippen molar-refractivity contribution in [3.8, 4) is 5.75 Å². The average Bonchev–Trinajstić information content (AvgIpc) is 3.07. The van der Waals surface area contributed by atoms with Gasteiger partial charge in [0.15, 0.2) is 0 Å². The highest BCUT2D eigenvalue weighted by Crippen LogP contribution is 2.34. The predicted molar refractivity (Wildman–Crippen MR) is 130 cm³/mol. The first-order valence-corrected chi connectivity index (χ1v) is 11.5. The molecule has 33 heavy (non-hydrogen) atoms. The number of imide groups is 1. The SMILES string of the molecule is O=C1S/C(=C/c2cccc(OCc3ccc([N+](=O)[O-])cc3)c2)C(=O)N1Cc1ccc(Br)cc1. The van der Waals surface area contributed by atoms with Gasteiger partial charge in [-0.05, 0) is 70.9 Å².